The van der Waals surface area contributed by atoms with Gasteiger partial charge in [-0.15, -0.1) is 11.3 Å². The lowest BCUT2D eigenvalue weighted by molar-refractivity contribution is 0.346. The summed E-state index contributed by atoms with van der Waals surface area (Å²) in [6, 6.07) is 4.16. The number of rotatable bonds is 5. The van der Waals surface area contributed by atoms with Crippen LogP contribution in [0.2, 0.25) is 0 Å². The van der Waals surface area contributed by atoms with E-state index in [1.54, 1.807) is 25.6 Å². The average Bonchev–Trinajstić information content (AvgIpc) is 3.15. The number of hydrogen-bond donors (Lipinski definition) is 1. The van der Waals surface area contributed by atoms with Crippen molar-refractivity contribution in [1.29, 1.82) is 0 Å². The molecular weight excluding hydrogens is 348 g/mol. The Bertz CT molecular complexity index is 788. The van der Waals surface area contributed by atoms with Gasteiger partial charge in [-0.05, 0) is 36.1 Å². The van der Waals surface area contributed by atoms with Gasteiger partial charge in [0.25, 0.3) is 0 Å². The molecule has 1 N–H and O–H groups in total. The molecule has 0 bridgehead atoms. The van der Waals surface area contributed by atoms with Gasteiger partial charge in [0.15, 0.2) is 17.5 Å². The number of hydrogen-bond acceptors (Lipinski definition) is 5. The molecule has 0 radical (unpaired) electrons. The molecule has 0 atom stereocenters. The summed E-state index contributed by atoms with van der Waals surface area (Å²) < 4.78 is 10.9. The van der Waals surface area contributed by atoms with Gasteiger partial charge in [-0.2, -0.15) is 0 Å². The number of methoxy groups -OCH3 is 2. The molecule has 3 rings (SSSR count). The minimum Gasteiger partial charge on any atom is -0.493 e. The van der Waals surface area contributed by atoms with Gasteiger partial charge in [-0.25, -0.2) is 4.98 Å². The molecular formula is C19H26N4O2S. The largest absolute Gasteiger partial charge is 0.493 e. The van der Waals surface area contributed by atoms with Gasteiger partial charge in [0.05, 0.1) is 31.5 Å². The molecule has 0 spiro atoms. The van der Waals surface area contributed by atoms with Crippen LogP contribution in [0.4, 0.5) is 0 Å². The molecule has 6 nitrogen and oxygen atoms in total. The van der Waals surface area contributed by atoms with Crippen LogP contribution in [0.5, 0.6) is 11.5 Å². The van der Waals surface area contributed by atoms with Crippen molar-refractivity contribution < 1.29 is 9.47 Å². The van der Waals surface area contributed by atoms with Crippen molar-refractivity contribution in [2.45, 2.75) is 32.9 Å². The topological polar surface area (TPSA) is 59.0 Å². The normalized spacial score (nSPS) is 14.2. The van der Waals surface area contributed by atoms with Crippen LogP contribution < -0.4 is 14.8 Å². The highest BCUT2D eigenvalue weighted by Gasteiger charge is 2.21. The first-order chi connectivity index (χ1) is 12.7. The monoisotopic (exact) mass is 374 g/mol. The highest BCUT2D eigenvalue weighted by molar-refractivity contribution is 7.09. The lowest BCUT2D eigenvalue weighted by Crippen LogP contribution is -2.43. The first kappa shape index (κ1) is 18.5. The van der Waals surface area contributed by atoms with Crippen molar-refractivity contribution >= 4 is 17.3 Å². The van der Waals surface area contributed by atoms with Crippen molar-refractivity contribution in [1.82, 2.24) is 15.2 Å². The minimum atomic E-state index is 0.693. The summed E-state index contributed by atoms with van der Waals surface area (Å²) in [6.07, 6.45) is 1.93. The van der Waals surface area contributed by atoms with Gasteiger partial charge < -0.3 is 19.7 Å². The standard InChI is InChI=1S/C19H26N4O2S/c1-5-18-22-15(12-26-18)10-21-19(20-2)23-7-6-13-8-16(24-3)17(25-4)9-14(13)11-23/h8-9,12H,5-7,10-11H2,1-4H3,(H,20,21). The second kappa shape index (κ2) is 8.40. The van der Waals surface area contributed by atoms with Crippen molar-refractivity contribution in [3.05, 3.63) is 39.3 Å². The van der Waals surface area contributed by atoms with Crippen molar-refractivity contribution in [3.63, 3.8) is 0 Å². The summed E-state index contributed by atoms with van der Waals surface area (Å²) in [5.74, 6) is 2.46. The molecule has 1 aliphatic heterocycles. The molecule has 0 saturated carbocycles. The zero-order valence-corrected chi connectivity index (χ0v) is 16.7. The smallest absolute Gasteiger partial charge is 0.194 e. The number of aryl methyl sites for hydroxylation is 1. The quantitative estimate of drug-likeness (QED) is 0.644. The van der Waals surface area contributed by atoms with E-state index in [9.17, 15) is 0 Å². The molecule has 140 valence electrons. The van der Waals surface area contributed by atoms with E-state index in [0.29, 0.717) is 6.54 Å². The second-order valence-electron chi connectivity index (χ2n) is 6.13. The van der Waals surface area contributed by atoms with Crippen LogP contribution in [0.15, 0.2) is 22.5 Å². The fourth-order valence-corrected chi connectivity index (χ4v) is 3.90. The molecule has 0 saturated heterocycles. The summed E-state index contributed by atoms with van der Waals surface area (Å²) in [4.78, 5) is 11.3. The second-order valence-corrected chi connectivity index (χ2v) is 7.08. The Morgan fingerprint density at radius 3 is 2.62 bits per heavy atom. The highest BCUT2D eigenvalue weighted by Crippen LogP contribution is 2.33. The molecule has 2 aromatic rings. The fourth-order valence-electron chi connectivity index (χ4n) is 3.16. The Kier molecular flexibility index (Phi) is 5.98. The van der Waals surface area contributed by atoms with Crippen molar-refractivity contribution in [2.75, 3.05) is 27.8 Å². The van der Waals surface area contributed by atoms with E-state index in [2.05, 4.69) is 44.6 Å². The van der Waals surface area contributed by atoms with Crippen molar-refractivity contribution in [2.24, 2.45) is 4.99 Å². The molecule has 0 amide bonds. The molecule has 1 aromatic heterocycles. The van der Waals surface area contributed by atoms with Crippen molar-refractivity contribution in [3.8, 4) is 11.5 Å². The Balaban J connectivity index is 1.69. The maximum Gasteiger partial charge on any atom is 0.194 e. The molecule has 0 aliphatic carbocycles. The number of benzene rings is 1. The average molecular weight is 375 g/mol. The first-order valence-electron chi connectivity index (χ1n) is 8.81. The molecule has 1 aromatic carbocycles. The number of aliphatic imine (C=N–C) groups is 1. The fraction of sp³-hybridized carbons (Fsp3) is 0.474. The Labute approximate surface area is 158 Å². The van der Waals surface area contributed by atoms with E-state index in [-0.39, 0.29) is 0 Å². The predicted molar refractivity (Wildman–Crippen MR) is 105 cm³/mol. The van der Waals surface area contributed by atoms with E-state index < -0.39 is 0 Å². The lowest BCUT2D eigenvalue weighted by atomic mass is 9.99. The van der Waals surface area contributed by atoms with Crippen LogP contribution >= 0.6 is 11.3 Å². The zero-order valence-electron chi connectivity index (χ0n) is 15.8. The third kappa shape index (κ3) is 3.93. The van der Waals surface area contributed by atoms with Crippen LogP contribution in [0.3, 0.4) is 0 Å². The minimum absolute atomic E-state index is 0.693. The molecule has 2 heterocycles. The van der Waals surface area contributed by atoms with E-state index in [0.717, 1.165) is 49.1 Å². The number of fused-ring (bicyclic) bond motifs is 1. The van der Waals surface area contributed by atoms with Crippen LogP contribution in [-0.4, -0.2) is 43.7 Å². The first-order valence-corrected chi connectivity index (χ1v) is 9.69. The van der Waals surface area contributed by atoms with Crippen LogP contribution in [0, 0.1) is 0 Å². The van der Waals surface area contributed by atoms with Crippen LogP contribution in [0.1, 0.15) is 28.8 Å². The lowest BCUT2D eigenvalue weighted by Gasteiger charge is -2.32. The molecule has 7 heteroatoms. The third-order valence-electron chi connectivity index (χ3n) is 4.56. The number of ether oxygens (including phenoxy) is 2. The molecule has 1 aliphatic rings. The maximum absolute atomic E-state index is 5.45. The van der Waals surface area contributed by atoms with Gasteiger partial charge in [-0.1, -0.05) is 6.92 Å². The third-order valence-corrected chi connectivity index (χ3v) is 5.60. The van der Waals surface area contributed by atoms with Gasteiger partial charge in [-0.3, -0.25) is 4.99 Å². The Hall–Kier alpha value is -2.28. The van der Waals surface area contributed by atoms with Gasteiger partial charge in [0.1, 0.15) is 0 Å². The predicted octanol–water partition coefficient (Wildman–Crippen LogP) is 2.86. The van der Waals surface area contributed by atoms with Gasteiger partial charge in [0, 0.05) is 25.5 Å². The number of nitrogens with one attached hydrogen (secondary N) is 1. The van der Waals surface area contributed by atoms with Gasteiger partial charge in [0.2, 0.25) is 0 Å². The number of nitrogens with zero attached hydrogens (tertiary/aromatic N) is 3. The summed E-state index contributed by atoms with van der Waals surface area (Å²) in [5.41, 5.74) is 3.62. The maximum atomic E-state index is 5.45. The van der Waals surface area contributed by atoms with E-state index in [4.69, 9.17) is 9.47 Å². The number of guanidine groups is 1. The zero-order chi connectivity index (χ0) is 18.5. The summed E-state index contributed by atoms with van der Waals surface area (Å²) in [5, 5.41) is 6.72. The molecule has 0 unspecified atom stereocenters. The van der Waals surface area contributed by atoms with Crippen LogP contribution in [-0.2, 0) is 25.9 Å². The molecule has 26 heavy (non-hydrogen) atoms. The summed E-state index contributed by atoms with van der Waals surface area (Å²) in [6.45, 7) is 4.54. The summed E-state index contributed by atoms with van der Waals surface area (Å²) >= 11 is 1.71. The molecule has 0 fully saturated rings. The number of aromatic nitrogens is 1. The van der Waals surface area contributed by atoms with Gasteiger partial charge >= 0.3 is 0 Å². The SMILES string of the molecule is CCc1nc(CNC(=NC)N2CCc3cc(OC)c(OC)cc3C2)cs1. The highest BCUT2D eigenvalue weighted by atomic mass is 32.1. The van der Waals surface area contributed by atoms with E-state index >= 15 is 0 Å². The van der Waals surface area contributed by atoms with E-state index in [1.165, 1.54) is 16.1 Å². The van der Waals surface area contributed by atoms with Crippen LogP contribution in [0.25, 0.3) is 0 Å². The Morgan fingerprint density at radius 2 is 2.00 bits per heavy atom. The van der Waals surface area contributed by atoms with E-state index in [1.807, 2.05) is 7.05 Å². The Morgan fingerprint density at radius 1 is 1.27 bits per heavy atom. The number of thiazole rings is 1. The summed E-state index contributed by atoms with van der Waals surface area (Å²) in [7, 11) is 5.17.